The first-order chi connectivity index (χ1) is 18.6. The van der Waals surface area contributed by atoms with Gasteiger partial charge in [-0.2, -0.15) is 18.3 Å². The number of pyridine rings is 1. The number of rotatable bonds is 6. The molecule has 214 valence electrons. The molecule has 0 saturated carbocycles. The van der Waals surface area contributed by atoms with Gasteiger partial charge in [0.2, 0.25) is 11.8 Å². The Hall–Kier alpha value is -3.67. The van der Waals surface area contributed by atoms with Crippen LogP contribution in [-0.4, -0.2) is 46.2 Å². The fourth-order valence-corrected chi connectivity index (χ4v) is 4.93. The molecular formula is C27H29ClF4N6O2. The molecule has 0 bridgehead atoms. The molecule has 1 aromatic carbocycles. The minimum atomic E-state index is -4.63. The number of anilines is 3. The summed E-state index contributed by atoms with van der Waals surface area (Å²) in [6.45, 7) is 6.99. The Kier molecular flexibility index (Phi) is 8.11. The van der Waals surface area contributed by atoms with Crippen LogP contribution in [0, 0.1) is 25.6 Å². The summed E-state index contributed by atoms with van der Waals surface area (Å²) in [4.78, 5) is 34.0. The lowest BCUT2D eigenvalue weighted by molar-refractivity contribution is -0.137. The van der Waals surface area contributed by atoms with Gasteiger partial charge in [-0.1, -0.05) is 11.6 Å². The van der Waals surface area contributed by atoms with Gasteiger partial charge in [0.15, 0.2) is 0 Å². The van der Waals surface area contributed by atoms with Crippen molar-refractivity contribution in [3.8, 4) is 0 Å². The highest BCUT2D eigenvalue weighted by molar-refractivity contribution is 6.31. The number of aryl methyl sites for hydroxylation is 2. The maximum absolute atomic E-state index is 13.7. The van der Waals surface area contributed by atoms with Crippen molar-refractivity contribution in [2.75, 3.05) is 28.7 Å². The maximum atomic E-state index is 13.7. The largest absolute Gasteiger partial charge is 0.416 e. The standard InChI is InChI=1S/C27H29ClF4N6O2/c1-14(2)38-24(9-16(4)35-38)34-25(39)17-10-22(26(40)36(5)19-6-7-21(29)20(28)12-19)37(13-17)23-11-18(27(30,31)32)8-15(3)33-23/h6-9,11-12,14,17,22H,10,13H2,1-5H3,(H,34,39)/t17-,22-/m0/s1. The Bertz CT molecular complexity index is 1440. The van der Waals surface area contributed by atoms with Crippen LogP contribution in [0.5, 0.6) is 0 Å². The smallest absolute Gasteiger partial charge is 0.344 e. The van der Waals surface area contributed by atoms with E-state index in [-0.39, 0.29) is 41.2 Å². The molecule has 0 radical (unpaired) electrons. The van der Waals surface area contributed by atoms with E-state index in [1.165, 1.54) is 35.9 Å². The summed E-state index contributed by atoms with van der Waals surface area (Å²) in [6, 6.07) is 6.20. The van der Waals surface area contributed by atoms with E-state index >= 15 is 0 Å². The topological polar surface area (TPSA) is 83.4 Å². The molecule has 2 atom stereocenters. The van der Waals surface area contributed by atoms with E-state index in [9.17, 15) is 27.2 Å². The molecule has 1 fully saturated rings. The van der Waals surface area contributed by atoms with Crippen LogP contribution in [0.4, 0.5) is 34.9 Å². The number of alkyl halides is 3. The molecule has 2 amide bonds. The third-order valence-corrected chi connectivity index (χ3v) is 7.03. The van der Waals surface area contributed by atoms with E-state index in [0.29, 0.717) is 11.5 Å². The van der Waals surface area contributed by atoms with Crippen molar-refractivity contribution in [2.24, 2.45) is 5.92 Å². The van der Waals surface area contributed by atoms with E-state index in [1.807, 2.05) is 13.8 Å². The molecule has 8 nitrogen and oxygen atoms in total. The predicted octanol–water partition coefficient (Wildman–Crippen LogP) is 5.78. The number of halogens is 5. The lowest BCUT2D eigenvalue weighted by Gasteiger charge is -2.29. The van der Waals surface area contributed by atoms with Gasteiger partial charge < -0.3 is 15.1 Å². The average Bonchev–Trinajstić information content (AvgIpc) is 3.48. The molecule has 0 aliphatic carbocycles. The second-order valence-corrected chi connectivity index (χ2v) is 10.6. The average molecular weight is 581 g/mol. The fraction of sp³-hybridized carbons (Fsp3) is 0.407. The number of hydrogen-bond acceptors (Lipinski definition) is 5. The number of nitrogens with zero attached hydrogens (tertiary/aromatic N) is 5. The second-order valence-electron chi connectivity index (χ2n) is 10.1. The molecule has 1 aliphatic heterocycles. The van der Waals surface area contributed by atoms with Gasteiger partial charge in [0, 0.05) is 37.1 Å². The Balaban J connectivity index is 1.69. The second kappa shape index (κ2) is 11.1. The molecule has 0 spiro atoms. The number of carbonyl (C=O) groups excluding carboxylic acids is 2. The molecule has 1 aliphatic rings. The molecule has 1 saturated heterocycles. The Morgan fingerprint density at radius 1 is 1.12 bits per heavy atom. The summed E-state index contributed by atoms with van der Waals surface area (Å²) < 4.78 is 56.3. The lowest BCUT2D eigenvalue weighted by atomic mass is 10.0. The first-order valence-corrected chi connectivity index (χ1v) is 13.0. The highest BCUT2D eigenvalue weighted by Crippen LogP contribution is 2.36. The monoisotopic (exact) mass is 580 g/mol. The van der Waals surface area contributed by atoms with Crippen LogP contribution < -0.4 is 15.1 Å². The number of amides is 2. The van der Waals surface area contributed by atoms with Crippen molar-refractivity contribution in [1.29, 1.82) is 0 Å². The van der Waals surface area contributed by atoms with Crippen molar-refractivity contribution in [3.05, 3.63) is 64.2 Å². The number of hydrogen-bond donors (Lipinski definition) is 1. The molecule has 1 N–H and O–H groups in total. The van der Waals surface area contributed by atoms with E-state index in [0.717, 1.165) is 18.2 Å². The van der Waals surface area contributed by atoms with Crippen molar-refractivity contribution in [2.45, 2.75) is 52.4 Å². The molecule has 40 heavy (non-hydrogen) atoms. The van der Waals surface area contributed by atoms with Gasteiger partial charge in [-0.05, 0) is 64.4 Å². The minimum absolute atomic E-state index is 0.00963. The summed E-state index contributed by atoms with van der Waals surface area (Å²) in [6.07, 6.45) is -4.62. The highest BCUT2D eigenvalue weighted by atomic mass is 35.5. The quantitative estimate of drug-likeness (QED) is 0.374. The van der Waals surface area contributed by atoms with E-state index in [2.05, 4.69) is 15.4 Å². The molecule has 0 unspecified atom stereocenters. The van der Waals surface area contributed by atoms with Crippen LogP contribution in [-0.2, 0) is 15.8 Å². The number of aromatic nitrogens is 3. The number of benzene rings is 1. The van der Waals surface area contributed by atoms with Gasteiger partial charge >= 0.3 is 6.18 Å². The zero-order valence-corrected chi connectivity index (χ0v) is 23.3. The molecular weight excluding hydrogens is 552 g/mol. The van der Waals surface area contributed by atoms with E-state index in [1.54, 1.807) is 17.7 Å². The van der Waals surface area contributed by atoms with Gasteiger partial charge in [-0.3, -0.25) is 9.59 Å². The van der Waals surface area contributed by atoms with Crippen molar-refractivity contribution >= 4 is 40.7 Å². The van der Waals surface area contributed by atoms with Crippen LogP contribution >= 0.6 is 11.6 Å². The number of carbonyl (C=O) groups is 2. The van der Waals surface area contributed by atoms with Crippen molar-refractivity contribution < 1.29 is 27.2 Å². The number of nitrogens with one attached hydrogen (secondary N) is 1. The normalized spacial score (nSPS) is 17.4. The van der Waals surface area contributed by atoms with E-state index in [4.69, 9.17) is 11.6 Å². The predicted molar refractivity (Wildman–Crippen MR) is 144 cm³/mol. The zero-order chi connectivity index (χ0) is 29.5. The van der Waals surface area contributed by atoms with Crippen LogP contribution in [0.1, 0.15) is 43.3 Å². The lowest BCUT2D eigenvalue weighted by Crippen LogP contribution is -2.44. The summed E-state index contributed by atoms with van der Waals surface area (Å²) in [5, 5.41) is 7.05. The fourth-order valence-electron chi connectivity index (χ4n) is 4.75. The van der Waals surface area contributed by atoms with Crippen LogP contribution in [0.15, 0.2) is 36.4 Å². The van der Waals surface area contributed by atoms with Crippen LogP contribution in [0.3, 0.4) is 0 Å². The maximum Gasteiger partial charge on any atom is 0.416 e. The first kappa shape index (κ1) is 29.3. The number of likely N-dealkylation sites (N-methyl/N-ethyl adjacent to an activating group) is 1. The summed E-state index contributed by atoms with van der Waals surface area (Å²) in [5.74, 6) is -1.94. The van der Waals surface area contributed by atoms with Gasteiger partial charge in [0.1, 0.15) is 23.5 Å². The summed E-state index contributed by atoms with van der Waals surface area (Å²) in [5.41, 5.74) is 0.185. The summed E-state index contributed by atoms with van der Waals surface area (Å²) in [7, 11) is 1.45. The van der Waals surface area contributed by atoms with Gasteiger partial charge in [-0.25, -0.2) is 14.1 Å². The van der Waals surface area contributed by atoms with Crippen LogP contribution in [0.25, 0.3) is 0 Å². The van der Waals surface area contributed by atoms with Crippen molar-refractivity contribution in [1.82, 2.24) is 14.8 Å². The Labute approximate surface area is 233 Å². The molecule has 4 rings (SSSR count). The Morgan fingerprint density at radius 3 is 2.45 bits per heavy atom. The SMILES string of the molecule is Cc1cc(C(F)(F)F)cc(N2C[C@@H](C(=O)Nc3cc(C)nn3C(C)C)C[C@H]2C(=O)N(C)c2ccc(F)c(Cl)c2)n1. The van der Waals surface area contributed by atoms with Gasteiger partial charge in [0.05, 0.1) is 22.2 Å². The summed E-state index contributed by atoms with van der Waals surface area (Å²) >= 11 is 5.90. The highest BCUT2D eigenvalue weighted by Gasteiger charge is 2.43. The van der Waals surface area contributed by atoms with Gasteiger partial charge in [-0.15, -0.1) is 0 Å². The third kappa shape index (κ3) is 6.06. The van der Waals surface area contributed by atoms with Crippen molar-refractivity contribution in [3.63, 3.8) is 0 Å². The minimum Gasteiger partial charge on any atom is -0.344 e. The molecule has 3 aromatic rings. The molecule has 2 aromatic heterocycles. The molecule has 13 heteroatoms. The third-order valence-electron chi connectivity index (χ3n) is 6.74. The van der Waals surface area contributed by atoms with Crippen LogP contribution in [0.2, 0.25) is 5.02 Å². The first-order valence-electron chi connectivity index (χ1n) is 12.6. The Morgan fingerprint density at radius 2 is 1.82 bits per heavy atom. The van der Waals surface area contributed by atoms with E-state index < -0.39 is 41.3 Å². The van der Waals surface area contributed by atoms with Gasteiger partial charge in [0.25, 0.3) is 0 Å². The zero-order valence-electron chi connectivity index (χ0n) is 22.6. The molecule has 3 heterocycles.